The molecule has 2 aromatic heterocycles. The zero-order valence-corrected chi connectivity index (χ0v) is 33.5. The lowest BCUT2D eigenvalue weighted by molar-refractivity contribution is -0.155. The number of benzene rings is 3. The molecule has 11 heteroatoms. The third-order valence-electron chi connectivity index (χ3n) is 11.2. The van der Waals surface area contributed by atoms with E-state index >= 15 is 0 Å². The highest BCUT2D eigenvalue weighted by molar-refractivity contribution is 5.95. The van der Waals surface area contributed by atoms with Crippen LogP contribution in [0.25, 0.3) is 33.3 Å². The van der Waals surface area contributed by atoms with E-state index in [2.05, 4.69) is 60.3 Å². The van der Waals surface area contributed by atoms with Crippen molar-refractivity contribution in [1.29, 1.82) is 0 Å². The number of hydrogen-bond acceptors (Lipinski definition) is 8. The first kappa shape index (κ1) is 39.7. The molecular weight excluding hydrogens is 719 g/mol. The molecule has 5 aromatic rings. The molecule has 4 heterocycles. The van der Waals surface area contributed by atoms with Gasteiger partial charge in [-0.15, -0.1) is 0 Å². The second-order valence-electron chi connectivity index (χ2n) is 16.1. The van der Waals surface area contributed by atoms with Gasteiger partial charge in [0, 0.05) is 61.1 Å². The predicted octanol–water partition coefficient (Wildman–Crippen LogP) is 7.08. The van der Waals surface area contributed by atoms with E-state index < -0.39 is 23.5 Å². The summed E-state index contributed by atoms with van der Waals surface area (Å²) < 4.78 is 14.2. The van der Waals surface area contributed by atoms with Crippen LogP contribution < -0.4 is 10.7 Å². The Hall–Kier alpha value is -5.52. The summed E-state index contributed by atoms with van der Waals surface area (Å²) in [5, 5.41) is 16.6. The fraction of sp³-hybridized carbons (Fsp3) is 0.391. The Balaban J connectivity index is 1.35. The van der Waals surface area contributed by atoms with Crippen LogP contribution >= 0.6 is 0 Å². The molecule has 0 saturated carbocycles. The van der Waals surface area contributed by atoms with Crippen molar-refractivity contribution >= 4 is 28.7 Å². The van der Waals surface area contributed by atoms with E-state index in [1.54, 1.807) is 25.4 Å². The number of methoxy groups -OCH3 is 1. The first-order valence-corrected chi connectivity index (χ1v) is 20.0. The van der Waals surface area contributed by atoms with Crippen LogP contribution in [-0.2, 0) is 49.7 Å². The van der Waals surface area contributed by atoms with Gasteiger partial charge >= 0.3 is 5.97 Å². The summed E-state index contributed by atoms with van der Waals surface area (Å²) in [4.78, 5) is 46.2. The lowest BCUT2D eigenvalue weighted by Gasteiger charge is -2.35. The molecule has 0 unspecified atom stereocenters. The van der Waals surface area contributed by atoms with Gasteiger partial charge in [-0.3, -0.25) is 24.4 Å². The first-order valence-electron chi connectivity index (χ1n) is 20.0. The number of nitrogens with zero attached hydrogens (tertiary/aromatic N) is 3. The van der Waals surface area contributed by atoms with E-state index in [0.717, 1.165) is 50.1 Å². The summed E-state index contributed by atoms with van der Waals surface area (Å²) in [5.74, 6) is -0.992. The van der Waals surface area contributed by atoms with Crippen molar-refractivity contribution in [1.82, 2.24) is 25.3 Å². The molecule has 2 aliphatic rings. The van der Waals surface area contributed by atoms with Crippen LogP contribution in [0.15, 0.2) is 85.1 Å². The maximum Gasteiger partial charge on any atom is 0.324 e. The monoisotopic (exact) mass is 771 g/mol. The number of hydrazine groups is 1. The van der Waals surface area contributed by atoms with E-state index in [1.807, 2.05) is 49.4 Å². The number of fused-ring (bicyclic) bond motifs is 6. The van der Waals surface area contributed by atoms with Crippen LogP contribution in [0.5, 0.6) is 5.75 Å². The number of amides is 2. The largest absolute Gasteiger partial charge is 0.508 e. The summed E-state index contributed by atoms with van der Waals surface area (Å²) in [6.07, 6.45) is 4.06. The number of carbonyl (C=O) groups is 3. The molecule has 11 nitrogen and oxygen atoms in total. The number of rotatable bonds is 8. The van der Waals surface area contributed by atoms with E-state index in [-0.39, 0.29) is 43.1 Å². The SMILES string of the molecule is CCn1c(-c2cccnc2[C@H](C)OC)c2c3cc(ccc31)-c1cc(O)cc(c1)C[C@H](NC(=O)CCc1ccccc1)C(=O)N1CCC[C@H](N1)C(=O)OCC(C)(C)C2. The molecule has 3 atom stereocenters. The van der Waals surface area contributed by atoms with Crippen molar-refractivity contribution in [2.45, 2.75) is 91.0 Å². The van der Waals surface area contributed by atoms with Crippen LogP contribution in [0.4, 0.5) is 0 Å². The fourth-order valence-corrected chi connectivity index (χ4v) is 8.24. The minimum Gasteiger partial charge on any atom is -0.508 e. The Bertz CT molecular complexity index is 2270. The number of hydrogen-bond donors (Lipinski definition) is 3. The van der Waals surface area contributed by atoms with Crippen LogP contribution in [0.2, 0.25) is 0 Å². The second kappa shape index (κ2) is 16.9. The molecule has 0 aliphatic carbocycles. The number of aryl methyl sites for hydroxylation is 2. The number of aromatic hydroxyl groups is 1. The van der Waals surface area contributed by atoms with Gasteiger partial charge in [0.15, 0.2) is 0 Å². The lowest BCUT2D eigenvalue weighted by Crippen LogP contribution is -2.60. The summed E-state index contributed by atoms with van der Waals surface area (Å²) in [6.45, 7) is 9.54. The van der Waals surface area contributed by atoms with Gasteiger partial charge < -0.3 is 24.5 Å². The molecule has 298 valence electrons. The number of carbonyl (C=O) groups excluding carboxylic acids is 3. The third-order valence-corrected chi connectivity index (χ3v) is 11.2. The molecule has 6 bridgehead atoms. The van der Waals surface area contributed by atoms with Crippen LogP contribution in [-0.4, -0.2) is 69.8 Å². The number of phenolic OH excluding ortho intramolecular Hbond substituents is 1. The summed E-state index contributed by atoms with van der Waals surface area (Å²) >= 11 is 0. The summed E-state index contributed by atoms with van der Waals surface area (Å²) in [6, 6.07) is 23.8. The van der Waals surface area contributed by atoms with E-state index in [4.69, 9.17) is 14.5 Å². The number of nitrogens with one attached hydrogen (secondary N) is 2. The normalized spacial score (nSPS) is 19.1. The molecule has 0 radical (unpaired) electrons. The lowest BCUT2D eigenvalue weighted by atomic mass is 9.84. The number of phenols is 1. The van der Waals surface area contributed by atoms with Crippen molar-refractivity contribution in [3.05, 3.63) is 107 Å². The van der Waals surface area contributed by atoms with Gasteiger partial charge in [0.2, 0.25) is 5.91 Å². The highest BCUT2D eigenvalue weighted by Gasteiger charge is 2.35. The Kier molecular flexibility index (Phi) is 11.8. The summed E-state index contributed by atoms with van der Waals surface area (Å²) in [5.41, 5.74) is 11.0. The van der Waals surface area contributed by atoms with E-state index in [0.29, 0.717) is 44.3 Å². The Morgan fingerprint density at radius 2 is 1.88 bits per heavy atom. The van der Waals surface area contributed by atoms with Crippen LogP contribution in [0.3, 0.4) is 0 Å². The first-order chi connectivity index (χ1) is 27.4. The van der Waals surface area contributed by atoms with E-state index in [9.17, 15) is 19.5 Å². The Labute approximate surface area is 334 Å². The molecule has 3 aromatic carbocycles. The average Bonchev–Trinajstić information content (AvgIpc) is 3.52. The molecule has 2 aliphatic heterocycles. The molecule has 2 amide bonds. The topological polar surface area (TPSA) is 135 Å². The van der Waals surface area contributed by atoms with Gasteiger partial charge in [0.25, 0.3) is 5.91 Å². The second-order valence-corrected chi connectivity index (χ2v) is 16.1. The molecule has 3 N–H and O–H groups in total. The fourth-order valence-electron chi connectivity index (χ4n) is 8.24. The van der Waals surface area contributed by atoms with Crippen molar-refractivity contribution in [3.63, 3.8) is 0 Å². The number of pyridine rings is 1. The quantitative estimate of drug-likeness (QED) is 0.143. The minimum absolute atomic E-state index is 0.0549. The smallest absolute Gasteiger partial charge is 0.324 e. The van der Waals surface area contributed by atoms with Gasteiger partial charge in [-0.2, -0.15) is 0 Å². The Morgan fingerprint density at radius 1 is 1.07 bits per heavy atom. The maximum absolute atomic E-state index is 14.3. The van der Waals surface area contributed by atoms with Crippen LogP contribution in [0.1, 0.15) is 75.4 Å². The zero-order valence-electron chi connectivity index (χ0n) is 33.5. The van der Waals surface area contributed by atoms with Gasteiger partial charge in [0.05, 0.1) is 24.1 Å². The molecule has 0 spiro atoms. The van der Waals surface area contributed by atoms with Gasteiger partial charge in [-0.05, 0) is 104 Å². The van der Waals surface area contributed by atoms with Crippen molar-refractivity contribution in [2.24, 2.45) is 5.41 Å². The number of ether oxygens (including phenoxy) is 2. The molecular formula is C46H53N5O6. The van der Waals surface area contributed by atoms with Crippen LogP contribution in [0, 0.1) is 5.41 Å². The standard InChI is InChI=1S/C46H53N5O6/c1-6-50-40-18-17-32-26-36(40)37(43(50)35-14-10-20-47-42(35)29(2)56-5)27-46(3,4)28-57-45(55)38-15-11-21-51(49-38)44(54)39(24-31-22-33(32)25-34(52)23-31)48-41(53)19-16-30-12-8-7-9-13-30/h7-10,12-14,17-18,20,22-23,25-26,29,38-39,49,52H,6,11,15-16,19,21,24,27-28H2,1-5H3,(H,48,53)/t29-,38-,39-/m0/s1. The third kappa shape index (κ3) is 8.74. The van der Waals surface area contributed by atoms with E-state index in [1.165, 1.54) is 5.01 Å². The van der Waals surface area contributed by atoms with Gasteiger partial charge in [-0.1, -0.05) is 56.3 Å². The predicted molar refractivity (Wildman–Crippen MR) is 220 cm³/mol. The number of cyclic esters (lactones) is 1. The van der Waals surface area contributed by atoms with Gasteiger partial charge in [0.1, 0.15) is 17.8 Å². The van der Waals surface area contributed by atoms with Crippen molar-refractivity contribution in [2.75, 3.05) is 20.3 Å². The highest BCUT2D eigenvalue weighted by atomic mass is 16.5. The van der Waals surface area contributed by atoms with Crippen molar-refractivity contribution in [3.8, 4) is 28.1 Å². The maximum atomic E-state index is 14.3. The molecule has 1 fully saturated rings. The number of esters is 1. The van der Waals surface area contributed by atoms with Gasteiger partial charge in [-0.25, -0.2) is 5.43 Å². The molecule has 57 heavy (non-hydrogen) atoms. The highest BCUT2D eigenvalue weighted by Crippen LogP contribution is 2.42. The molecule has 1 saturated heterocycles. The number of aromatic nitrogens is 2. The molecule has 7 rings (SSSR count). The Morgan fingerprint density at radius 3 is 2.65 bits per heavy atom. The zero-order chi connectivity index (χ0) is 40.3. The van der Waals surface area contributed by atoms with Crippen molar-refractivity contribution < 1.29 is 29.0 Å². The summed E-state index contributed by atoms with van der Waals surface area (Å²) in [7, 11) is 1.68. The average molecular weight is 772 g/mol. The minimum atomic E-state index is -0.957.